The van der Waals surface area contributed by atoms with Gasteiger partial charge in [-0.2, -0.15) is 0 Å². The van der Waals surface area contributed by atoms with Crippen LogP contribution in [0.5, 0.6) is 0 Å². The van der Waals surface area contributed by atoms with Crippen LogP contribution in [-0.2, 0) is 11.3 Å². The van der Waals surface area contributed by atoms with E-state index in [2.05, 4.69) is 5.32 Å². The van der Waals surface area contributed by atoms with Gasteiger partial charge in [-0.25, -0.2) is 0 Å². The number of rotatable bonds is 6. The minimum absolute atomic E-state index is 0.150. The third-order valence-corrected chi connectivity index (χ3v) is 3.48. The van der Waals surface area contributed by atoms with Crippen molar-refractivity contribution in [2.75, 3.05) is 19.6 Å². The highest BCUT2D eigenvalue weighted by Crippen LogP contribution is 2.10. The van der Waals surface area contributed by atoms with Crippen LogP contribution < -0.4 is 5.32 Å². The molecular formula is C14H19ClN2O2. The summed E-state index contributed by atoms with van der Waals surface area (Å²) in [4.78, 5) is 13.1. The Kier molecular flexibility index (Phi) is 5.19. The molecule has 0 spiro atoms. The van der Waals surface area contributed by atoms with Gasteiger partial charge < -0.3 is 15.3 Å². The molecule has 1 aliphatic heterocycles. The van der Waals surface area contributed by atoms with Crippen LogP contribution in [0.25, 0.3) is 0 Å². The van der Waals surface area contributed by atoms with Crippen LogP contribution >= 0.6 is 11.6 Å². The second-order valence-electron chi connectivity index (χ2n) is 4.85. The largest absolute Gasteiger partial charge is 0.390 e. The van der Waals surface area contributed by atoms with E-state index in [1.807, 2.05) is 24.3 Å². The van der Waals surface area contributed by atoms with Crippen molar-refractivity contribution >= 4 is 17.5 Å². The minimum atomic E-state index is -0.519. The number of aliphatic hydroxyl groups is 1. The molecule has 1 atom stereocenters. The van der Waals surface area contributed by atoms with E-state index >= 15 is 0 Å². The third-order valence-electron chi connectivity index (χ3n) is 3.22. The zero-order valence-electron chi connectivity index (χ0n) is 10.8. The molecule has 19 heavy (non-hydrogen) atoms. The Bertz CT molecular complexity index is 422. The molecule has 1 fully saturated rings. The predicted octanol–water partition coefficient (Wildman–Crippen LogP) is 1.41. The summed E-state index contributed by atoms with van der Waals surface area (Å²) < 4.78 is 0. The lowest BCUT2D eigenvalue weighted by molar-refractivity contribution is -0.128. The van der Waals surface area contributed by atoms with Crippen molar-refractivity contribution in [3.63, 3.8) is 0 Å². The van der Waals surface area contributed by atoms with Crippen LogP contribution in [0.2, 0.25) is 5.02 Å². The monoisotopic (exact) mass is 282 g/mol. The summed E-state index contributed by atoms with van der Waals surface area (Å²) in [6, 6.07) is 7.59. The molecule has 104 valence electrons. The smallest absolute Gasteiger partial charge is 0.222 e. The van der Waals surface area contributed by atoms with Gasteiger partial charge >= 0.3 is 0 Å². The van der Waals surface area contributed by atoms with Crippen molar-refractivity contribution in [3.05, 3.63) is 34.9 Å². The molecule has 0 radical (unpaired) electrons. The topological polar surface area (TPSA) is 52.6 Å². The third kappa shape index (κ3) is 4.49. The normalized spacial score (nSPS) is 16.9. The van der Waals surface area contributed by atoms with Crippen LogP contribution in [0.15, 0.2) is 24.3 Å². The number of aliphatic hydroxyl groups excluding tert-OH is 1. The molecule has 1 saturated heterocycles. The molecular weight excluding hydrogens is 264 g/mol. The molecule has 1 aromatic rings. The lowest BCUT2D eigenvalue weighted by Crippen LogP contribution is -2.38. The van der Waals surface area contributed by atoms with Gasteiger partial charge in [0.15, 0.2) is 0 Å². The Morgan fingerprint density at radius 2 is 2.11 bits per heavy atom. The second kappa shape index (κ2) is 6.89. The van der Waals surface area contributed by atoms with E-state index < -0.39 is 6.10 Å². The Morgan fingerprint density at radius 3 is 2.74 bits per heavy atom. The van der Waals surface area contributed by atoms with Crippen molar-refractivity contribution in [2.45, 2.75) is 25.5 Å². The summed E-state index contributed by atoms with van der Waals surface area (Å²) in [7, 11) is 0. The number of likely N-dealkylation sites (tertiary alicyclic amines) is 1. The van der Waals surface area contributed by atoms with Crippen LogP contribution in [0, 0.1) is 0 Å². The van der Waals surface area contributed by atoms with E-state index in [0.717, 1.165) is 23.6 Å². The highest BCUT2D eigenvalue weighted by atomic mass is 35.5. The zero-order valence-corrected chi connectivity index (χ0v) is 11.6. The highest BCUT2D eigenvalue weighted by molar-refractivity contribution is 6.30. The van der Waals surface area contributed by atoms with E-state index in [0.29, 0.717) is 26.1 Å². The molecule has 1 aliphatic rings. The van der Waals surface area contributed by atoms with Crippen molar-refractivity contribution in [3.8, 4) is 0 Å². The standard InChI is InChI=1S/C14H19ClN2O2/c15-12-5-3-11(4-6-12)8-16-9-13(18)10-17-7-1-2-14(17)19/h3-6,13,16,18H,1-2,7-10H2/t13-/m1/s1. The molecule has 5 heteroatoms. The van der Waals surface area contributed by atoms with Crippen molar-refractivity contribution in [2.24, 2.45) is 0 Å². The first kappa shape index (κ1) is 14.3. The first-order valence-corrected chi connectivity index (χ1v) is 6.94. The maximum absolute atomic E-state index is 11.4. The van der Waals surface area contributed by atoms with Gasteiger partial charge in [0.2, 0.25) is 5.91 Å². The quantitative estimate of drug-likeness (QED) is 0.830. The molecule has 2 N–H and O–H groups in total. The van der Waals surface area contributed by atoms with E-state index in [1.54, 1.807) is 4.90 Å². The lowest BCUT2D eigenvalue weighted by Gasteiger charge is -2.20. The number of hydrogen-bond acceptors (Lipinski definition) is 3. The van der Waals surface area contributed by atoms with Crippen LogP contribution in [-0.4, -0.2) is 41.7 Å². The number of carbonyl (C=O) groups is 1. The summed E-state index contributed by atoms with van der Waals surface area (Å²) in [6.07, 6.45) is 1.00. The minimum Gasteiger partial charge on any atom is -0.390 e. The predicted molar refractivity (Wildman–Crippen MR) is 75.0 cm³/mol. The van der Waals surface area contributed by atoms with E-state index in [-0.39, 0.29) is 5.91 Å². The van der Waals surface area contributed by atoms with Gasteiger partial charge in [-0.15, -0.1) is 0 Å². The first-order valence-electron chi connectivity index (χ1n) is 6.56. The maximum Gasteiger partial charge on any atom is 0.222 e. The first-order chi connectivity index (χ1) is 9.15. The number of benzene rings is 1. The van der Waals surface area contributed by atoms with Gasteiger partial charge in [0.1, 0.15) is 0 Å². The summed E-state index contributed by atoms with van der Waals surface area (Å²) in [5.74, 6) is 0.150. The zero-order chi connectivity index (χ0) is 13.7. The molecule has 0 aromatic heterocycles. The summed E-state index contributed by atoms with van der Waals surface area (Å²) in [5.41, 5.74) is 1.12. The number of amides is 1. The summed E-state index contributed by atoms with van der Waals surface area (Å²) >= 11 is 5.81. The summed E-state index contributed by atoms with van der Waals surface area (Å²) in [6.45, 7) is 2.36. The fourth-order valence-electron chi connectivity index (χ4n) is 2.20. The number of carbonyl (C=O) groups excluding carboxylic acids is 1. The van der Waals surface area contributed by atoms with Gasteiger partial charge in [0.25, 0.3) is 0 Å². The van der Waals surface area contributed by atoms with Crippen molar-refractivity contribution in [1.29, 1.82) is 0 Å². The number of nitrogens with zero attached hydrogens (tertiary/aromatic N) is 1. The number of β-amino-alcohol motifs (C(OH)–C–C–N with tert-alkyl or cyclic N) is 1. The van der Waals surface area contributed by atoms with Gasteiger partial charge in [0.05, 0.1) is 6.10 Å². The van der Waals surface area contributed by atoms with Crippen LogP contribution in [0.3, 0.4) is 0 Å². The highest BCUT2D eigenvalue weighted by Gasteiger charge is 2.22. The molecule has 2 rings (SSSR count). The van der Waals surface area contributed by atoms with Gasteiger partial charge in [0, 0.05) is 37.6 Å². The molecule has 0 aliphatic carbocycles. The SMILES string of the molecule is O=C1CCCN1C[C@H](O)CNCc1ccc(Cl)cc1. The molecule has 1 amide bonds. The average molecular weight is 283 g/mol. The average Bonchev–Trinajstić information content (AvgIpc) is 2.78. The molecule has 0 bridgehead atoms. The lowest BCUT2D eigenvalue weighted by atomic mass is 10.2. The van der Waals surface area contributed by atoms with Gasteiger partial charge in [-0.1, -0.05) is 23.7 Å². The van der Waals surface area contributed by atoms with Gasteiger partial charge in [-0.05, 0) is 24.1 Å². The van der Waals surface area contributed by atoms with Crippen LogP contribution in [0.4, 0.5) is 0 Å². The van der Waals surface area contributed by atoms with Crippen molar-refractivity contribution in [1.82, 2.24) is 10.2 Å². The Labute approximate surface area is 118 Å². The number of hydrogen-bond donors (Lipinski definition) is 2. The number of halogens is 1. The van der Waals surface area contributed by atoms with Crippen LogP contribution in [0.1, 0.15) is 18.4 Å². The Morgan fingerprint density at radius 1 is 1.37 bits per heavy atom. The maximum atomic E-state index is 11.4. The van der Waals surface area contributed by atoms with E-state index in [1.165, 1.54) is 0 Å². The Hall–Kier alpha value is -1.10. The molecule has 1 heterocycles. The fraction of sp³-hybridized carbons (Fsp3) is 0.500. The Balaban J connectivity index is 1.67. The second-order valence-corrected chi connectivity index (χ2v) is 5.29. The van der Waals surface area contributed by atoms with Crippen molar-refractivity contribution < 1.29 is 9.90 Å². The molecule has 1 aromatic carbocycles. The fourth-order valence-corrected chi connectivity index (χ4v) is 2.33. The molecule has 0 saturated carbocycles. The molecule has 4 nitrogen and oxygen atoms in total. The van der Waals surface area contributed by atoms with Gasteiger partial charge in [-0.3, -0.25) is 4.79 Å². The summed E-state index contributed by atoms with van der Waals surface area (Å²) in [5, 5.41) is 13.8. The number of nitrogens with one attached hydrogen (secondary N) is 1. The molecule has 0 unspecified atom stereocenters. The van der Waals surface area contributed by atoms with E-state index in [4.69, 9.17) is 11.6 Å². The van der Waals surface area contributed by atoms with E-state index in [9.17, 15) is 9.90 Å².